The average molecular weight is 492 g/mol. The van der Waals surface area contributed by atoms with Crippen LogP contribution in [0.5, 0.6) is 0 Å². The van der Waals surface area contributed by atoms with Gasteiger partial charge in [-0.1, -0.05) is 25.0 Å². The number of H-pyrrole nitrogens is 1. The highest BCUT2D eigenvalue weighted by molar-refractivity contribution is 5.92. The quantitative estimate of drug-likeness (QED) is 0.236. The highest BCUT2D eigenvalue weighted by atomic mass is 16.3. The molecule has 8 heteroatoms. The zero-order valence-electron chi connectivity index (χ0n) is 20.5. The van der Waals surface area contributed by atoms with Gasteiger partial charge in [0.15, 0.2) is 0 Å². The second-order valence-electron chi connectivity index (χ2n) is 10.1. The number of nitrogens with one attached hydrogen (secondary N) is 4. The molecule has 1 aliphatic heterocycles. The Morgan fingerprint density at radius 3 is 2.81 bits per heavy atom. The van der Waals surface area contributed by atoms with Crippen LogP contribution >= 0.6 is 0 Å². The van der Waals surface area contributed by atoms with E-state index in [4.69, 9.17) is 14.4 Å². The molecule has 1 fully saturated rings. The molecule has 1 saturated carbocycles. The maximum absolute atomic E-state index is 5.30. The number of aromatic amines is 1. The molecular weight excluding hydrogens is 462 g/mol. The number of pyridine rings is 2. The van der Waals surface area contributed by atoms with E-state index in [0.717, 1.165) is 69.5 Å². The third-order valence-corrected chi connectivity index (χ3v) is 7.56. The minimum absolute atomic E-state index is 0.156. The van der Waals surface area contributed by atoms with Crippen LogP contribution in [0.15, 0.2) is 71.9 Å². The number of imidazole rings is 1. The lowest BCUT2D eigenvalue weighted by atomic mass is 10.0. The summed E-state index contributed by atoms with van der Waals surface area (Å²) in [7, 11) is 0. The number of benzene rings is 1. The molecule has 0 saturated heterocycles. The molecular formula is C29H29N7O. The molecule has 0 spiro atoms. The molecule has 7 rings (SSSR count). The first-order valence-corrected chi connectivity index (χ1v) is 13.0. The first-order chi connectivity index (χ1) is 18.3. The Labute approximate surface area is 214 Å². The predicted octanol–water partition coefficient (Wildman–Crippen LogP) is 5.58. The van der Waals surface area contributed by atoms with Crippen LogP contribution in [0.2, 0.25) is 0 Å². The van der Waals surface area contributed by atoms with E-state index in [2.05, 4.69) is 44.3 Å². The fourth-order valence-electron chi connectivity index (χ4n) is 5.61. The molecule has 37 heavy (non-hydrogen) atoms. The molecule has 1 aliphatic carbocycles. The smallest absolute Gasteiger partial charge is 0.145 e. The summed E-state index contributed by atoms with van der Waals surface area (Å²) in [5.74, 6) is 2.47. The SMILES string of the molecule is c1cc(-c2ccoc2)c2nc(C3NNc4ncc(-c5cncc(CNCC6CCCC6)c5)cc43)[nH]c2c1. The first kappa shape index (κ1) is 22.2. The minimum Gasteiger partial charge on any atom is -0.472 e. The summed E-state index contributed by atoms with van der Waals surface area (Å²) < 4.78 is 5.30. The van der Waals surface area contributed by atoms with Crippen LogP contribution in [-0.2, 0) is 6.54 Å². The minimum atomic E-state index is -0.156. The summed E-state index contributed by atoms with van der Waals surface area (Å²) in [6.07, 6.45) is 14.6. The van der Waals surface area contributed by atoms with Crippen LogP contribution in [0.3, 0.4) is 0 Å². The van der Waals surface area contributed by atoms with E-state index in [0.29, 0.717) is 0 Å². The molecule has 1 aromatic carbocycles. The topological polar surface area (TPSA) is 104 Å². The van der Waals surface area contributed by atoms with Crippen molar-refractivity contribution >= 4 is 16.9 Å². The van der Waals surface area contributed by atoms with Crippen LogP contribution in [0, 0.1) is 5.92 Å². The number of hydrazine groups is 1. The zero-order chi connectivity index (χ0) is 24.6. The maximum Gasteiger partial charge on any atom is 0.145 e. The van der Waals surface area contributed by atoms with Crippen molar-refractivity contribution < 1.29 is 4.42 Å². The van der Waals surface area contributed by atoms with Crippen molar-refractivity contribution in [2.75, 3.05) is 12.0 Å². The predicted molar refractivity (Wildman–Crippen MR) is 144 cm³/mol. The van der Waals surface area contributed by atoms with Crippen molar-refractivity contribution in [3.63, 3.8) is 0 Å². The maximum atomic E-state index is 5.30. The molecule has 0 radical (unpaired) electrons. The highest BCUT2D eigenvalue weighted by Crippen LogP contribution is 2.36. The Kier molecular flexibility index (Phi) is 5.68. The second kappa shape index (κ2) is 9.46. The van der Waals surface area contributed by atoms with Gasteiger partial charge in [-0.2, -0.15) is 0 Å². The van der Waals surface area contributed by atoms with E-state index in [9.17, 15) is 0 Å². The largest absolute Gasteiger partial charge is 0.472 e. The van der Waals surface area contributed by atoms with Gasteiger partial charge in [0, 0.05) is 53.0 Å². The van der Waals surface area contributed by atoms with Gasteiger partial charge < -0.3 is 20.1 Å². The van der Waals surface area contributed by atoms with E-state index < -0.39 is 0 Å². The summed E-state index contributed by atoms with van der Waals surface area (Å²) in [6.45, 7) is 1.92. The lowest BCUT2D eigenvalue weighted by Gasteiger charge is -2.11. The van der Waals surface area contributed by atoms with Crippen LogP contribution in [-0.4, -0.2) is 26.5 Å². The molecule has 186 valence electrons. The standard InChI is InChI=1S/C29H29N7O/c1-2-5-18(4-1)12-30-13-19-10-21(15-31-14-19)22-11-24-27(35-36-28(24)32-16-22)29-33-25-7-3-6-23(26(25)34-29)20-8-9-37-17-20/h3,6-11,14-18,27,30,35H,1-2,4-5,12-13H2,(H,32,36)(H,33,34). The Morgan fingerprint density at radius 1 is 1.00 bits per heavy atom. The molecule has 5 heterocycles. The van der Waals surface area contributed by atoms with Crippen molar-refractivity contribution in [2.24, 2.45) is 5.92 Å². The summed E-state index contributed by atoms with van der Waals surface area (Å²) in [5.41, 5.74) is 14.8. The molecule has 8 nitrogen and oxygen atoms in total. The van der Waals surface area contributed by atoms with Crippen LogP contribution < -0.4 is 16.2 Å². The van der Waals surface area contributed by atoms with Crippen molar-refractivity contribution in [3.05, 3.63) is 84.5 Å². The van der Waals surface area contributed by atoms with Gasteiger partial charge in [-0.15, -0.1) is 0 Å². The van der Waals surface area contributed by atoms with E-state index >= 15 is 0 Å². The Balaban J connectivity index is 1.15. The van der Waals surface area contributed by atoms with Gasteiger partial charge in [-0.3, -0.25) is 4.98 Å². The number of fused-ring (bicyclic) bond motifs is 2. The molecule has 5 aromatic rings. The van der Waals surface area contributed by atoms with Gasteiger partial charge in [0.1, 0.15) is 17.7 Å². The molecule has 2 aliphatic rings. The lowest BCUT2D eigenvalue weighted by Crippen LogP contribution is -2.20. The van der Waals surface area contributed by atoms with Crippen molar-refractivity contribution in [1.29, 1.82) is 0 Å². The van der Waals surface area contributed by atoms with E-state index in [-0.39, 0.29) is 6.04 Å². The molecule has 1 unspecified atom stereocenters. The third kappa shape index (κ3) is 4.28. The molecule has 1 atom stereocenters. The monoisotopic (exact) mass is 491 g/mol. The number of para-hydroxylation sites is 1. The highest BCUT2D eigenvalue weighted by Gasteiger charge is 2.28. The molecule has 0 bridgehead atoms. The number of rotatable bonds is 7. The van der Waals surface area contributed by atoms with Gasteiger partial charge in [-0.05, 0) is 55.1 Å². The van der Waals surface area contributed by atoms with Crippen LogP contribution in [0.25, 0.3) is 33.3 Å². The second-order valence-corrected chi connectivity index (χ2v) is 10.1. The van der Waals surface area contributed by atoms with E-state index in [1.54, 1.807) is 12.5 Å². The zero-order valence-corrected chi connectivity index (χ0v) is 20.5. The fourth-order valence-corrected chi connectivity index (χ4v) is 5.61. The number of hydrogen-bond acceptors (Lipinski definition) is 7. The van der Waals surface area contributed by atoms with E-state index in [1.807, 2.05) is 36.8 Å². The Bertz CT molecular complexity index is 1540. The van der Waals surface area contributed by atoms with Gasteiger partial charge in [0.2, 0.25) is 0 Å². The number of furan rings is 1. The molecule has 4 aromatic heterocycles. The van der Waals surface area contributed by atoms with Gasteiger partial charge in [0.25, 0.3) is 0 Å². The number of hydrogen-bond donors (Lipinski definition) is 4. The number of anilines is 1. The van der Waals surface area contributed by atoms with E-state index in [1.165, 1.54) is 31.2 Å². The van der Waals surface area contributed by atoms with Gasteiger partial charge >= 0.3 is 0 Å². The molecule has 4 N–H and O–H groups in total. The van der Waals surface area contributed by atoms with Crippen molar-refractivity contribution in [1.82, 2.24) is 30.7 Å². The van der Waals surface area contributed by atoms with Crippen molar-refractivity contribution in [3.8, 4) is 22.3 Å². The average Bonchev–Trinajstić information content (AvgIpc) is 3.74. The fraction of sp³-hybridized carbons (Fsp3) is 0.276. The number of nitrogens with zero attached hydrogens (tertiary/aromatic N) is 3. The first-order valence-electron chi connectivity index (χ1n) is 13.0. The Morgan fingerprint density at radius 2 is 1.92 bits per heavy atom. The summed E-state index contributed by atoms with van der Waals surface area (Å²) >= 11 is 0. The summed E-state index contributed by atoms with van der Waals surface area (Å²) in [4.78, 5) is 17.7. The lowest BCUT2D eigenvalue weighted by molar-refractivity contribution is 0.489. The molecule has 0 amide bonds. The Hall–Kier alpha value is -4.01. The van der Waals surface area contributed by atoms with Gasteiger partial charge in [-0.25, -0.2) is 15.4 Å². The van der Waals surface area contributed by atoms with Crippen LogP contribution in [0.1, 0.15) is 48.7 Å². The van der Waals surface area contributed by atoms with Crippen molar-refractivity contribution in [2.45, 2.75) is 38.3 Å². The summed E-state index contributed by atoms with van der Waals surface area (Å²) in [6, 6.07) is 12.3. The summed E-state index contributed by atoms with van der Waals surface area (Å²) in [5, 5.41) is 3.63. The van der Waals surface area contributed by atoms with Crippen LogP contribution in [0.4, 0.5) is 5.82 Å². The van der Waals surface area contributed by atoms with Gasteiger partial charge in [0.05, 0.1) is 23.6 Å². The third-order valence-electron chi connectivity index (χ3n) is 7.56. The normalized spacial score (nSPS) is 17.4. The number of aromatic nitrogens is 4.